The van der Waals surface area contributed by atoms with Gasteiger partial charge in [-0.1, -0.05) is 6.07 Å². The summed E-state index contributed by atoms with van der Waals surface area (Å²) >= 11 is 0. The number of ether oxygens (including phenoxy) is 1. The van der Waals surface area contributed by atoms with E-state index in [-0.39, 0.29) is 24.6 Å². The van der Waals surface area contributed by atoms with E-state index in [1.54, 1.807) is 12.1 Å². The summed E-state index contributed by atoms with van der Waals surface area (Å²) in [4.78, 5) is 2.09. The molecule has 1 fully saturated rings. The second-order valence-corrected chi connectivity index (χ2v) is 4.80. The summed E-state index contributed by atoms with van der Waals surface area (Å²) in [6.07, 6.45) is -0.140. The van der Waals surface area contributed by atoms with E-state index in [9.17, 15) is 4.39 Å². The number of nitrogens with two attached hydrogens (primary N) is 1. The van der Waals surface area contributed by atoms with Crippen molar-refractivity contribution in [2.24, 2.45) is 0 Å². The maximum absolute atomic E-state index is 13.7. The van der Waals surface area contributed by atoms with Crippen LogP contribution in [-0.4, -0.2) is 41.9 Å². The zero-order chi connectivity index (χ0) is 13.1. The fourth-order valence-corrected chi connectivity index (χ4v) is 2.30. The molecule has 18 heavy (non-hydrogen) atoms. The van der Waals surface area contributed by atoms with Crippen LogP contribution in [0.2, 0.25) is 0 Å². The Labute approximate surface area is 106 Å². The number of halogens is 1. The third-order valence-electron chi connectivity index (χ3n) is 3.08. The highest BCUT2D eigenvalue weighted by molar-refractivity contribution is 5.40. The van der Waals surface area contributed by atoms with Gasteiger partial charge in [-0.05, 0) is 19.1 Å². The van der Waals surface area contributed by atoms with Gasteiger partial charge in [0.2, 0.25) is 0 Å². The molecule has 1 aromatic carbocycles. The van der Waals surface area contributed by atoms with E-state index < -0.39 is 0 Å². The lowest BCUT2D eigenvalue weighted by atomic mass is 10.1. The van der Waals surface area contributed by atoms with E-state index in [1.807, 2.05) is 6.92 Å². The van der Waals surface area contributed by atoms with Crippen LogP contribution in [0.3, 0.4) is 0 Å². The summed E-state index contributed by atoms with van der Waals surface area (Å²) in [6, 6.07) is 4.74. The second-order valence-electron chi connectivity index (χ2n) is 4.80. The molecule has 0 saturated carbocycles. The average molecular weight is 254 g/mol. The molecule has 0 amide bonds. The molecule has 0 radical (unpaired) electrons. The van der Waals surface area contributed by atoms with Crippen molar-refractivity contribution in [3.63, 3.8) is 0 Å². The minimum atomic E-state index is -0.283. The van der Waals surface area contributed by atoms with Crippen molar-refractivity contribution in [2.75, 3.05) is 25.4 Å². The molecule has 0 bridgehead atoms. The summed E-state index contributed by atoms with van der Waals surface area (Å²) in [6.45, 7) is 3.81. The lowest BCUT2D eigenvalue weighted by molar-refractivity contribution is -0.0974. The molecule has 100 valence electrons. The normalized spacial score (nSPS) is 25.3. The number of aliphatic hydroxyl groups is 1. The predicted octanol–water partition coefficient (Wildman–Crippen LogP) is 0.990. The Morgan fingerprint density at radius 3 is 2.94 bits per heavy atom. The number of rotatable bonds is 3. The number of aliphatic hydroxyl groups excluding tert-OH is 1. The van der Waals surface area contributed by atoms with E-state index in [0.29, 0.717) is 24.3 Å². The van der Waals surface area contributed by atoms with E-state index in [2.05, 4.69) is 4.90 Å². The third kappa shape index (κ3) is 3.19. The number of anilines is 1. The first-order valence-electron chi connectivity index (χ1n) is 6.11. The standard InChI is InChI=1S/C13H19FN2O2/c1-9-5-16(7-12(8-17)18-9)6-10-2-3-11(15)4-13(10)14/h2-4,9,12,17H,5-8,15H2,1H3. The van der Waals surface area contributed by atoms with Gasteiger partial charge < -0.3 is 15.6 Å². The van der Waals surface area contributed by atoms with Gasteiger partial charge in [-0.2, -0.15) is 0 Å². The summed E-state index contributed by atoms with van der Waals surface area (Å²) < 4.78 is 19.2. The van der Waals surface area contributed by atoms with Crippen LogP contribution in [-0.2, 0) is 11.3 Å². The quantitative estimate of drug-likeness (QED) is 0.790. The first kappa shape index (κ1) is 13.3. The van der Waals surface area contributed by atoms with Crippen molar-refractivity contribution in [1.29, 1.82) is 0 Å². The molecule has 1 aliphatic heterocycles. The van der Waals surface area contributed by atoms with Crippen molar-refractivity contribution in [2.45, 2.75) is 25.7 Å². The Balaban J connectivity index is 2.04. The molecular weight excluding hydrogens is 235 g/mol. The average Bonchev–Trinajstić information content (AvgIpc) is 2.32. The lowest BCUT2D eigenvalue weighted by Gasteiger charge is -2.36. The van der Waals surface area contributed by atoms with Gasteiger partial charge in [0.25, 0.3) is 0 Å². The first-order valence-corrected chi connectivity index (χ1v) is 6.11. The van der Waals surface area contributed by atoms with Crippen LogP contribution in [0.25, 0.3) is 0 Å². The van der Waals surface area contributed by atoms with Crippen LogP contribution in [0.4, 0.5) is 10.1 Å². The van der Waals surface area contributed by atoms with E-state index in [0.717, 1.165) is 6.54 Å². The summed E-state index contributed by atoms with van der Waals surface area (Å²) in [5, 5.41) is 9.14. The molecule has 1 aromatic rings. The molecule has 1 heterocycles. The Bertz CT molecular complexity index is 414. The SMILES string of the molecule is CC1CN(Cc2ccc(N)cc2F)CC(CO)O1. The predicted molar refractivity (Wildman–Crippen MR) is 67.5 cm³/mol. The van der Waals surface area contributed by atoms with Crippen molar-refractivity contribution in [3.8, 4) is 0 Å². The monoisotopic (exact) mass is 254 g/mol. The molecule has 0 spiro atoms. The molecule has 0 aliphatic carbocycles. The van der Waals surface area contributed by atoms with Gasteiger partial charge >= 0.3 is 0 Å². The number of hydrogen-bond acceptors (Lipinski definition) is 4. The third-order valence-corrected chi connectivity index (χ3v) is 3.08. The van der Waals surface area contributed by atoms with Crippen LogP contribution in [0.15, 0.2) is 18.2 Å². The molecule has 2 unspecified atom stereocenters. The Morgan fingerprint density at radius 2 is 2.28 bits per heavy atom. The molecule has 0 aromatic heterocycles. The number of morpholine rings is 1. The van der Waals surface area contributed by atoms with Gasteiger partial charge in [-0.15, -0.1) is 0 Å². The summed E-state index contributed by atoms with van der Waals surface area (Å²) in [5.41, 5.74) is 6.57. The molecular formula is C13H19FN2O2. The summed E-state index contributed by atoms with van der Waals surface area (Å²) in [7, 11) is 0. The highest BCUT2D eigenvalue weighted by atomic mass is 19.1. The zero-order valence-electron chi connectivity index (χ0n) is 10.5. The molecule has 4 nitrogen and oxygen atoms in total. The van der Waals surface area contributed by atoms with Gasteiger partial charge in [0.15, 0.2) is 0 Å². The van der Waals surface area contributed by atoms with Crippen LogP contribution in [0.5, 0.6) is 0 Å². The maximum atomic E-state index is 13.7. The van der Waals surface area contributed by atoms with E-state index >= 15 is 0 Å². The molecule has 1 saturated heterocycles. The second kappa shape index (κ2) is 5.65. The molecule has 3 N–H and O–H groups in total. The highest BCUT2D eigenvalue weighted by Crippen LogP contribution is 2.17. The van der Waals surface area contributed by atoms with E-state index in [1.165, 1.54) is 6.07 Å². The lowest BCUT2D eigenvalue weighted by Crippen LogP contribution is -2.47. The Hall–Kier alpha value is -1.17. The number of nitrogens with zero attached hydrogens (tertiary/aromatic N) is 1. The molecule has 5 heteroatoms. The number of nitrogen functional groups attached to an aromatic ring is 1. The fraction of sp³-hybridized carbons (Fsp3) is 0.538. The van der Waals surface area contributed by atoms with Crippen molar-refractivity contribution in [3.05, 3.63) is 29.6 Å². The minimum absolute atomic E-state index is 0.00887. The molecule has 2 atom stereocenters. The van der Waals surface area contributed by atoms with Gasteiger partial charge in [-0.25, -0.2) is 4.39 Å². The Morgan fingerprint density at radius 1 is 1.50 bits per heavy atom. The van der Waals surface area contributed by atoms with Crippen LogP contribution in [0, 0.1) is 5.82 Å². The van der Waals surface area contributed by atoms with Gasteiger partial charge in [-0.3, -0.25) is 4.90 Å². The van der Waals surface area contributed by atoms with Crippen molar-refractivity contribution >= 4 is 5.69 Å². The van der Waals surface area contributed by atoms with Crippen LogP contribution >= 0.6 is 0 Å². The van der Waals surface area contributed by atoms with E-state index in [4.69, 9.17) is 15.6 Å². The largest absolute Gasteiger partial charge is 0.399 e. The van der Waals surface area contributed by atoms with Crippen molar-refractivity contribution in [1.82, 2.24) is 4.90 Å². The first-order chi connectivity index (χ1) is 8.58. The zero-order valence-corrected chi connectivity index (χ0v) is 10.5. The van der Waals surface area contributed by atoms with Crippen LogP contribution < -0.4 is 5.73 Å². The number of hydrogen-bond donors (Lipinski definition) is 2. The molecule has 1 aliphatic rings. The van der Waals surface area contributed by atoms with Crippen LogP contribution in [0.1, 0.15) is 12.5 Å². The van der Waals surface area contributed by atoms with Gasteiger partial charge in [0.05, 0.1) is 18.8 Å². The fourth-order valence-electron chi connectivity index (χ4n) is 2.30. The minimum Gasteiger partial charge on any atom is -0.399 e. The smallest absolute Gasteiger partial charge is 0.129 e. The topological polar surface area (TPSA) is 58.7 Å². The molecule has 2 rings (SSSR count). The number of benzene rings is 1. The van der Waals surface area contributed by atoms with Crippen molar-refractivity contribution < 1.29 is 14.2 Å². The highest BCUT2D eigenvalue weighted by Gasteiger charge is 2.25. The Kier molecular flexibility index (Phi) is 4.16. The summed E-state index contributed by atoms with van der Waals surface area (Å²) in [5.74, 6) is -0.283. The van der Waals surface area contributed by atoms with Gasteiger partial charge in [0.1, 0.15) is 5.82 Å². The maximum Gasteiger partial charge on any atom is 0.129 e. The van der Waals surface area contributed by atoms with Gasteiger partial charge in [0, 0.05) is 30.9 Å².